The molecule has 0 spiro atoms. The average Bonchev–Trinajstić information content (AvgIpc) is 3.12. The maximum atomic E-state index is 5.58. The van der Waals surface area contributed by atoms with Crippen LogP contribution in [0.15, 0.2) is 41.4 Å². The van der Waals surface area contributed by atoms with Gasteiger partial charge in [-0.25, -0.2) is 0 Å². The fourth-order valence-corrected chi connectivity index (χ4v) is 2.85. The van der Waals surface area contributed by atoms with E-state index in [-0.39, 0.29) is 11.5 Å². The van der Waals surface area contributed by atoms with Crippen LogP contribution in [0.25, 0.3) is 0 Å². The zero-order valence-electron chi connectivity index (χ0n) is 16.2. The molecule has 2 rings (SSSR count). The second kappa shape index (κ2) is 8.90. The van der Waals surface area contributed by atoms with Crippen molar-refractivity contribution in [2.75, 3.05) is 38.7 Å². The van der Waals surface area contributed by atoms with E-state index >= 15 is 0 Å². The predicted octanol–water partition coefficient (Wildman–Crippen LogP) is 2.79. The largest absolute Gasteiger partial charge is 0.379 e. The van der Waals surface area contributed by atoms with Crippen LogP contribution in [0.3, 0.4) is 0 Å². The SMILES string of the molecule is CN=C(NCc1ccc(N2CC=CC2)cc1)NCC(OC)C(C)(C)C. The lowest BCUT2D eigenvalue weighted by Gasteiger charge is -2.30. The van der Waals surface area contributed by atoms with Gasteiger partial charge < -0.3 is 20.3 Å². The van der Waals surface area contributed by atoms with Gasteiger partial charge in [-0.15, -0.1) is 0 Å². The molecule has 5 nitrogen and oxygen atoms in total. The van der Waals surface area contributed by atoms with Crippen LogP contribution < -0.4 is 15.5 Å². The van der Waals surface area contributed by atoms with Crippen molar-refractivity contribution in [3.63, 3.8) is 0 Å². The predicted molar refractivity (Wildman–Crippen MR) is 106 cm³/mol. The quantitative estimate of drug-likeness (QED) is 0.473. The molecule has 25 heavy (non-hydrogen) atoms. The molecule has 2 N–H and O–H groups in total. The summed E-state index contributed by atoms with van der Waals surface area (Å²) in [5.74, 6) is 0.791. The molecule has 1 aliphatic heterocycles. The van der Waals surface area contributed by atoms with Gasteiger partial charge in [0.2, 0.25) is 0 Å². The summed E-state index contributed by atoms with van der Waals surface area (Å²) in [6.07, 6.45) is 4.53. The van der Waals surface area contributed by atoms with Crippen molar-refractivity contribution in [2.45, 2.75) is 33.4 Å². The lowest BCUT2D eigenvalue weighted by atomic mass is 9.89. The van der Waals surface area contributed by atoms with E-state index < -0.39 is 0 Å². The topological polar surface area (TPSA) is 48.9 Å². The van der Waals surface area contributed by atoms with Gasteiger partial charge in [-0.1, -0.05) is 45.1 Å². The van der Waals surface area contributed by atoms with Gasteiger partial charge in [-0.05, 0) is 23.1 Å². The van der Waals surface area contributed by atoms with E-state index in [1.54, 1.807) is 14.2 Å². The molecule has 1 atom stereocenters. The molecule has 1 aromatic carbocycles. The fraction of sp³-hybridized carbons (Fsp3) is 0.550. The van der Waals surface area contributed by atoms with Gasteiger partial charge >= 0.3 is 0 Å². The van der Waals surface area contributed by atoms with Crippen molar-refractivity contribution < 1.29 is 4.74 Å². The lowest BCUT2D eigenvalue weighted by molar-refractivity contribution is 0.0205. The number of rotatable bonds is 6. The number of hydrogen-bond acceptors (Lipinski definition) is 3. The first kappa shape index (κ1) is 19.3. The molecule has 0 saturated carbocycles. The summed E-state index contributed by atoms with van der Waals surface area (Å²) in [7, 11) is 3.54. The molecule has 0 aromatic heterocycles. The minimum Gasteiger partial charge on any atom is -0.379 e. The highest BCUT2D eigenvalue weighted by Gasteiger charge is 2.24. The highest BCUT2D eigenvalue weighted by Crippen LogP contribution is 2.21. The zero-order chi connectivity index (χ0) is 18.3. The molecule has 1 aliphatic rings. The monoisotopic (exact) mass is 344 g/mol. The standard InChI is InChI=1S/C20H32N4O/c1-20(2,3)18(25-5)15-23-19(21-4)22-14-16-8-10-17(11-9-16)24-12-6-7-13-24/h6-11,18H,12-15H2,1-5H3,(H2,21,22,23). The summed E-state index contributed by atoms with van der Waals surface area (Å²) in [6, 6.07) is 8.70. The maximum absolute atomic E-state index is 5.58. The number of hydrogen-bond donors (Lipinski definition) is 2. The molecule has 0 bridgehead atoms. The van der Waals surface area contributed by atoms with Crippen molar-refractivity contribution in [3.8, 4) is 0 Å². The van der Waals surface area contributed by atoms with Crippen molar-refractivity contribution in [3.05, 3.63) is 42.0 Å². The Bertz CT molecular complexity index is 579. The van der Waals surface area contributed by atoms with E-state index in [4.69, 9.17) is 4.74 Å². The Kier molecular flexibility index (Phi) is 6.88. The molecule has 138 valence electrons. The third kappa shape index (κ3) is 5.78. The van der Waals surface area contributed by atoms with Gasteiger partial charge in [0.15, 0.2) is 5.96 Å². The maximum Gasteiger partial charge on any atom is 0.191 e. The van der Waals surface area contributed by atoms with Crippen LogP contribution in [-0.2, 0) is 11.3 Å². The van der Waals surface area contributed by atoms with Crippen LogP contribution >= 0.6 is 0 Å². The molecule has 1 unspecified atom stereocenters. The third-order valence-corrected chi connectivity index (χ3v) is 4.51. The van der Waals surface area contributed by atoms with Gasteiger partial charge in [-0.2, -0.15) is 0 Å². The van der Waals surface area contributed by atoms with Gasteiger partial charge in [0.05, 0.1) is 6.10 Å². The molecule has 0 amide bonds. The summed E-state index contributed by atoms with van der Waals surface area (Å²) >= 11 is 0. The van der Waals surface area contributed by atoms with Crippen LogP contribution in [0.1, 0.15) is 26.3 Å². The van der Waals surface area contributed by atoms with Crippen LogP contribution in [0.4, 0.5) is 5.69 Å². The molecular formula is C20H32N4O. The number of ether oxygens (including phenoxy) is 1. The molecule has 1 heterocycles. The Morgan fingerprint density at radius 2 is 1.80 bits per heavy atom. The number of aliphatic imine (C=N–C) groups is 1. The van der Waals surface area contributed by atoms with E-state index in [9.17, 15) is 0 Å². The Balaban J connectivity index is 1.82. The molecule has 0 saturated heterocycles. The van der Waals surface area contributed by atoms with Crippen molar-refractivity contribution in [2.24, 2.45) is 10.4 Å². The summed E-state index contributed by atoms with van der Waals surface area (Å²) in [5.41, 5.74) is 2.59. The molecule has 0 radical (unpaired) electrons. The van der Waals surface area contributed by atoms with Crippen LogP contribution in [0, 0.1) is 5.41 Å². The number of benzene rings is 1. The van der Waals surface area contributed by atoms with Gasteiger partial charge in [-0.3, -0.25) is 4.99 Å². The highest BCUT2D eigenvalue weighted by molar-refractivity contribution is 5.79. The zero-order valence-corrected chi connectivity index (χ0v) is 16.2. The number of nitrogens with zero attached hydrogens (tertiary/aromatic N) is 2. The van der Waals surface area contributed by atoms with E-state index in [1.165, 1.54) is 11.3 Å². The van der Waals surface area contributed by atoms with Gasteiger partial charge in [0.25, 0.3) is 0 Å². The van der Waals surface area contributed by atoms with Gasteiger partial charge in [0, 0.05) is 46.0 Å². The molecule has 1 aromatic rings. The van der Waals surface area contributed by atoms with Gasteiger partial charge in [0.1, 0.15) is 0 Å². The summed E-state index contributed by atoms with van der Waals surface area (Å²) in [6.45, 7) is 10.0. The third-order valence-electron chi connectivity index (χ3n) is 4.51. The Morgan fingerprint density at radius 3 is 2.32 bits per heavy atom. The summed E-state index contributed by atoms with van der Waals surface area (Å²) in [4.78, 5) is 6.64. The van der Waals surface area contributed by atoms with E-state index in [0.717, 1.165) is 32.1 Å². The highest BCUT2D eigenvalue weighted by atomic mass is 16.5. The lowest BCUT2D eigenvalue weighted by Crippen LogP contribution is -2.45. The van der Waals surface area contributed by atoms with E-state index in [0.29, 0.717) is 0 Å². The Labute approximate surface area is 152 Å². The van der Waals surface area contributed by atoms with E-state index in [1.807, 2.05) is 0 Å². The normalized spacial score (nSPS) is 16.2. The average molecular weight is 345 g/mol. The molecule has 0 fully saturated rings. The Hall–Kier alpha value is -2.01. The van der Waals surface area contributed by atoms with E-state index in [2.05, 4.69) is 77.7 Å². The smallest absolute Gasteiger partial charge is 0.191 e. The first-order valence-corrected chi connectivity index (χ1v) is 8.90. The van der Waals surface area contributed by atoms with Crippen molar-refractivity contribution in [1.82, 2.24) is 10.6 Å². The molecule has 0 aliphatic carbocycles. The Morgan fingerprint density at radius 1 is 1.16 bits per heavy atom. The number of methoxy groups -OCH3 is 1. The summed E-state index contributed by atoms with van der Waals surface area (Å²) < 4.78 is 5.58. The minimum absolute atomic E-state index is 0.0842. The molecule has 5 heteroatoms. The number of anilines is 1. The number of nitrogens with one attached hydrogen (secondary N) is 2. The second-order valence-corrected chi connectivity index (χ2v) is 7.44. The van der Waals surface area contributed by atoms with Crippen molar-refractivity contribution >= 4 is 11.6 Å². The van der Waals surface area contributed by atoms with Crippen LogP contribution in [0.2, 0.25) is 0 Å². The minimum atomic E-state index is 0.0842. The van der Waals surface area contributed by atoms with Crippen molar-refractivity contribution in [1.29, 1.82) is 0 Å². The first-order valence-electron chi connectivity index (χ1n) is 8.90. The molecular weight excluding hydrogens is 312 g/mol. The van der Waals surface area contributed by atoms with Crippen LogP contribution in [0.5, 0.6) is 0 Å². The second-order valence-electron chi connectivity index (χ2n) is 7.44. The summed E-state index contributed by atoms with van der Waals surface area (Å²) in [5, 5.41) is 6.71. The first-order chi connectivity index (χ1) is 11.9. The number of guanidine groups is 1. The van der Waals surface area contributed by atoms with Crippen LogP contribution in [-0.4, -0.2) is 45.9 Å². The fourth-order valence-electron chi connectivity index (χ4n) is 2.85.